The summed E-state index contributed by atoms with van der Waals surface area (Å²) in [6.45, 7) is 5.89. The Bertz CT molecular complexity index is 692. The molecule has 0 saturated carbocycles. The number of benzene rings is 2. The standard InChI is InChI=1S/C18H19FO2/c1-11-4-6-14(15(19)8-11)17(20)12-5-7-16-13(9-12)10-18(2,3)21-16/h4-9,17,20H,10H2,1-3H3. The Labute approximate surface area is 124 Å². The van der Waals surface area contributed by atoms with Crippen molar-refractivity contribution in [3.63, 3.8) is 0 Å². The summed E-state index contributed by atoms with van der Waals surface area (Å²) >= 11 is 0. The van der Waals surface area contributed by atoms with Gasteiger partial charge < -0.3 is 9.84 Å². The molecule has 1 N–H and O–H groups in total. The largest absolute Gasteiger partial charge is 0.487 e. The number of aliphatic hydroxyl groups excluding tert-OH is 1. The summed E-state index contributed by atoms with van der Waals surface area (Å²) in [4.78, 5) is 0. The molecule has 0 bridgehead atoms. The Morgan fingerprint density at radius 1 is 1.19 bits per heavy atom. The van der Waals surface area contributed by atoms with Gasteiger partial charge in [-0.25, -0.2) is 4.39 Å². The van der Waals surface area contributed by atoms with Crippen LogP contribution in [0.4, 0.5) is 4.39 Å². The number of halogens is 1. The van der Waals surface area contributed by atoms with E-state index < -0.39 is 6.10 Å². The third-order valence-corrected chi connectivity index (χ3v) is 3.85. The molecule has 1 unspecified atom stereocenters. The summed E-state index contributed by atoms with van der Waals surface area (Å²) < 4.78 is 19.8. The maximum atomic E-state index is 14.0. The summed E-state index contributed by atoms with van der Waals surface area (Å²) in [6, 6.07) is 10.5. The first kappa shape index (κ1) is 14.1. The Morgan fingerprint density at radius 3 is 2.67 bits per heavy atom. The fraction of sp³-hybridized carbons (Fsp3) is 0.333. The first-order valence-electron chi connectivity index (χ1n) is 7.12. The smallest absolute Gasteiger partial charge is 0.129 e. The summed E-state index contributed by atoms with van der Waals surface area (Å²) in [7, 11) is 0. The van der Waals surface area contributed by atoms with E-state index in [0.717, 1.165) is 23.3 Å². The third-order valence-electron chi connectivity index (χ3n) is 3.85. The molecule has 0 aromatic heterocycles. The lowest BCUT2D eigenvalue weighted by Crippen LogP contribution is -2.24. The molecular formula is C18H19FO2. The second kappa shape index (κ2) is 4.85. The van der Waals surface area contributed by atoms with Gasteiger partial charge in [0.2, 0.25) is 0 Å². The molecule has 1 aliphatic heterocycles. The molecule has 2 aromatic carbocycles. The van der Waals surface area contributed by atoms with Gasteiger partial charge >= 0.3 is 0 Å². The molecule has 0 fully saturated rings. The van der Waals surface area contributed by atoms with Gasteiger partial charge in [-0.3, -0.25) is 0 Å². The minimum Gasteiger partial charge on any atom is -0.487 e. The van der Waals surface area contributed by atoms with E-state index in [4.69, 9.17) is 4.74 Å². The van der Waals surface area contributed by atoms with Crippen LogP contribution in [0.15, 0.2) is 36.4 Å². The molecule has 0 aliphatic carbocycles. The van der Waals surface area contributed by atoms with E-state index in [2.05, 4.69) is 0 Å². The number of hydrogen-bond acceptors (Lipinski definition) is 2. The van der Waals surface area contributed by atoms with Gasteiger partial charge in [-0.1, -0.05) is 18.2 Å². The van der Waals surface area contributed by atoms with Crippen LogP contribution in [0.2, 0.25) is 0 Å². The van der Waals surface area contributed by atoms with Gasteiger partial charge in [-0.15, -0.1) is 0 Å². The van der Waals surface area contributed by atoms with Crippen LogP contribution in [0, 0.1) is 12.7 Å². The third kappa shape index (κ3) is 2.66. The first-order chi connectivity index (χ1) is 9.85. The number of aryl methyl sites for hydroxylation is 1. The topological polar surface area (TPSA) is 29.5 Å². The zero-order valence-corrected chi connectivity index (χ0v) is 12.5. The summed E-state index contributed by atoms with van der Waals surface area (Å²) in [6.07, 6.45) is -0.168. The fourth-order valence-electron chi connectivity index (χ4n) is 2.83. The van der Waals surface area contributed by atoms with Crippen LogP contribution in [0.25, 0.3) is 0 Å². The van der Waals surface area contributed by atoms with Crippen molar-refractivity contribution in [3.8, 4) is 5.75 Å². The molecule has 21 heavy (non-hydrogen) atoms. The molecule has 0 saturated heterocycles. The average molecular weight is 286 g/mol. The molecule has 0 spiro atoms. The minimum absolute atomic E-state index is 0.221. The highest BCUT2D eigenvalue weighted by atomic mass is 19.1. The van der Waals surface area contributed by atoms with E-state index in [1.165, 1.54) is 6.07 Å². The molecule has 110 valence electrons. The van der Waals surface area contributed by atoms with Gasteiger partial charge in [-0.05, 0) is 55.7 Å². The lowest BCUT2D eigenvalue weighted by atomic mass is 9.95. The fourth-order valence-corrected chi connectivity index (χ4v) is 2.83. The van der Waals surface area contributed by atoms with Crippen molar-refractivity contribution in [2.45, 2.75) is 38.9 Å². The van der Waals surface area contributed by atoms with E-state index in [-0.39, 0.29) is 11.4 Å². The Balaban J connectivity index is 1.95. The van der Waals surface area contributed by atoms with Crippen molar-refractivity contribution < 1.29 is 14.2 Å². The lowest BCUT2D eigenvalue weighted by molar-refractivity contribution is 0.138. The summed E-state index contributed by atoms with van der Waals surface area (Å²) in [5.41, 5.74) is 2.68. The SMILES string of the molecule is Cc1ccc(C(O)c2ccc3c(c2)CC(C)(C)O3)c(F)c1. The predicted molar refractivity (Wildman–Crippen MR) is 80.1 cm³/mol. The van der Waals surface area contributed by atoms with Crippen molar-refractivity contribution in [2.75, 3.05) is 0 Å². The van der Waals surface area contributed by atoms with E-state index in [1.807, 2.05) is 32.9 Å². The van der Waals surface area contributed by atoms with Crippen molar-refractivity contribution in [3.05, 3.63) is 64.5 Å². The maximum Gasteiger partial charge on any atom is 0.129 e. The zero-order valence-electron chi connectivity index (χ0n) is 12.5. The second-order valence-corrected chi connectivity index (χ2v) is 6.33. The first-order valence-corrected chi connectivity index (χ1v) is 7.12. The summed E-state index contributed by atoms with van der Waals surface area (Å²) in [5.74, 6) is 0.472. The lowest BCUT2D eigenvalue weighted by Gasteiger charge is -2.16. The quantitative estimate of drug-likeness (QED) is 0.906. The minimum atomic E-state index is -0.959. The average Bonchev–Trinajstić information content (AvgIpc) is 2.70. The zero-order chi connectivity index (χ0) is 15.2. The van der Waals surface area contributed by atoms with Crippen LogP contribution < -0.4 is 4.74 Å². The summed E-state index contributed by atoms with van der Waals surface area (Å²) in [5, 5.41) is 10.4. The molecule has 1 aliphatic rings. The Hall–Kier alpha value is -1.87. The van der Waals surface area contributed by atoms with E-state index in [0.29, 0.717) is 11.1 Å². The van der Waals surface area contributed by atoms with Crippen LogP contribution in [0.5, 0.6) is 5.75 Å². The predicted octanol–water partition coefficient (Wildman–Crippen LogP) is 3.93. The van der Waals surface area contributed by atoms with Gasteiger partial charge in [0.15, 0.2) is 0 Å². The van der Waals surface area contributed by atoms with E-state index >= 15 is 0 Å². The molecule has 0 amide bonds. The highest BCUT2D eigenvalue weighted by Gasteiger charge is 2.30. The molecule has 2 nitrogen and oxygen atoms in total. The van der Waals surface area contributed by atoms with Crippen molar-refractivity contribution in [1.29, 1.82) is 0 Å². The van der Waals surface area contributed by atoms with Crippen LogP contribution in [0.1, 0.15) is 42.2 Å². The molecule has 1 atom stereocenters. The van der Waals surface area contributed by atoms with Crippen LogP contribution >= 0.6 is 0 Å². The number of hydrogen-bond donors (Lipinski definition) is 1. The highest BCUT2D eigenvalue weighted by Crippen LogP contribution is 2.37. The number of rotatable bonds is 2. The number of fused-ring (bicyclic) bond motifs is 1. The number of ether oxygens (including phenoxy) is 1. The van der Waals surface area contributed by atoms with Crippen molar-refractivity contribution in [2.24, 2.45) is 0 Å². The van der Waals surface area contributed by atoms with E-state index in [9.17, 15) is 9.50 Å². The van der Waals surface area contributed by atoms with Gasteiger partial charge in [0.25, 0.3) is 0 Å². The van der Waals surface area contributed by atoms with Crippen molar-refractivity contribution >= 4 is 0 Å². The molecular weight excluding hydrogens is 267 g/mol. The van der Waals surface area contributed by atoms with E-state index in [1.54, 1.807) is 18.2 Å². The van der Waals surface area contributed by atoms with Gasteiger partial charge in [0.05, 0.1) is 0 Å². The van der Waals surface area contributed by atoms with Gasteiger partial charge in [0.1, 0.15) is 23.3 Å². The second-order valence-electron chi connectivity index (χ2n) is 6.33. The van der Waals surface area contributed by atoms with Crippen LogP contribution in [0.3, 0.4) is 0 Å². The number of aliphatic hydroxyl groups is 1. The van der Waals surface area contributed by atoms with Gasteiger partial charge in [-0.2, -0.15) is 0 Å². The molecule has 1 heterocycles. The molecule has 0 radical (unpaired) electrons. The highest BCUT2D eigenvalue weighted by molar-refractivity contribution is 5.44. The molecule has 3 heteroatoms. The maximum absolute atomic E-state index is 14.0. The van der Waals surface area contributed by atoms with Crippen LogP contribution in [-0.2, 0) is 6.42 Å². The van der Waals surface area contributed by atoms with Gasteiger partial charge in [0, 0.05) is 12.0 Å². The Morgan fingerprint density at radius 2 is 1.95 bits per heavy atom. The molecule has 2 aromatic rings. The monoisotopic (exact) mass is 286 g/mol. The molecule has 3 rings (SSSR count). The van der Waals surface area contributed by atoms with Crippen molar-refractivity contribution in [1.82, 2.24) is 0 Å². The normalized spacial score (nSPS) is 17.2. The Kier molecular flexibility index (Phi) is 3.25. The van der Waals surface area contributed by atoms with Crippen LogP contribution in [-0.4, -0.2) is 10.7 Å².